The van der Waals surface area contributed by atoms with E-state index >= 15 is 0 Å². The number of hydrogen-bond acceptors (Lipinski definition) is 7. The number of aliphatic hydroxyl groups excluding tert-OH is 1. The smallest absolute Gasteiger partial charge is 0.412 e. The first-order valence-electron chi connectivity index (χ1n) is 10.4. The van der Waals surface area contributed by atoms with Gasteiger partial charge in [-0.1, -0.05) is 25.1 Å². The largest absolute Gasteiger partial charge is 0.497 e. The number of methoxy groups -OCH3 is 1. The van der Waals surface area contributed by atoms with Crippen molar-refractivity contribution >= 4 is 17.7 Å². The first kappa shape index (κ1) is 25.7. The van der Waals surface area contributed by atoms with Gasteiger partial charge in [0.1, 0.15) is 24.2 Å². The molecule has 0 unspecified atom stereocenters. The highest BCUT2D eigenvalue weighted by Gasteiger charge is 2.24. The van der Waals surface area contributed by atoms with E-state index in [0.29, 0.717) is 29.2 Å². The molecule has 2 rings (SSSR count). The van der Waals surface area contributed by atoms with E-state index in [1.54, 1.807) is 74.1 Å². The summed E-state index contributed by atoms with van der Waals surface area (Å²) in [6.07, 6.45) is 0.831. The van der Waals surface area contributed by atoms with E-state index in [-0.39, 0.29) is 19.1 Å². The lowest BCUT2D eigenvalue weighted by molar-refractivity contribution is -0.125. The van der Waals surface area contributed by atoms with Gasteiger partial charge in [0.25, 0.3) is 5.91 Å². The molecule has 0 saturated carbocycles. The van der Waals surface area contributed by atoms with Crippen molar-refractivity contribution in [3.05, 3.63) is 65.7 Å². The van der Waals surface area contributed by atoms with Crippen LogP contribution in [0.4, 0.5) is 10.5 Å². The number of allylic oxidation sites excluding steroid dienone is 1. The average molecular weight is 459 g/mol. The van der Waals surface area contributed by atoms with Gasteiger partial charge in [-0.25, -0.2) is 10.3 Å². The number of amides is 2. The molecular weight excluding hydrogens is 428 g/mol. The van der Waals surface area contributed by atoms with Crippen LogP contribution in [0, 0.1) is 5.92 Å². The van der Waals surface area contributed by atoms with Gasteiger partial charge in [0.05, 0.1) is 13.7 Å². The first-order valence-corrected chi connectivity index (χ1v) is 10.4. The van der Waals surface area contributed by atoms with E-state index in [4.69, 9.17) is 24.5 Å². The van der Waals surface area contributed by atoms with Crippen LogP contribution in [0.25, 0.3) is 0 Å². The molecule has 33 heavy (non-hydrogen) atoms. The van der Waals surface area contributed by atoms with Gasteiger partial charge in [0.2, 0.25) is 0 Å². The van der Waals surface area contributed by atoms with Gasteiger partial charge < -0.3 is 19.3 Å². The van der Waals surface area contributed by atoms with Crippen molar-refractivity contribution in [2.24, 2.45) is 5.92 Å². The summed E-state index contributed by atoms with van der Waals surface area (Å²) in [6, 6.07) is 13.9. The third-order valence-corrected chi connectivity index (χ3v) is 4.91. The quantitative estimate of drug-likeness (QED) is 0.229. The van der Waals surface area contributed by atoms with E-state index in [9.17, 15) is 9.59 Å². The third kappa shape index (κ3) is 8.13. The fourth-order valence-electron chi connectivity index (χ4n) is 3.03. The van der Waals surface area contributed by atoms with Crippen LogP contribution >= 0.6 is 0 Å². The number of aliphatic hydroxyl groups is 1. The fraction of sp³-hybridized carbons (Fsp3) is 0.333. The minimum atomic E-state index is -0.633. The summed E-state index contributed by atoms with van der Waals surface area (Å²) in [5.41, 5.74) is 3.23. The van der Waals surface area contributed by atoms with E-state index < -0.39 is 18.1 Å². The maximum Gasteiger partial charge on any atom is 0.412 e. The third-order valence-electron chi connectivity index (χ3n) is 4.91. The van der Waals surface area contributed by atoms with Gasteiger partial charge in [0.15, 0.2) is 0 Å². The van der Waals surface area contributed by atoms with Crippen LogP contribution in [0.5, 0.6) is 11.5 Å². The molecule has 0 aliphatic heterocycles. The Morgan fingerprint density at radius 3 is 2.27 bits per heavy atom. The van der Waals surface area contributed by atoms with Crippen LogP contribution in [-0.2, 0) is 9.53 Å². The number of nitrogens with one attached hydrogen (secondary N) is 2. The highest BCUT2D eigenvalue weighted by Crippen LogP contribution is 2.31. The van der Waals surface area contributed by atoms with Crippen molar-refractivity contribution in [1.29, 1.82) is 0 Å². The Labute approximate surface area is 192 Å². The molecular formula is C24H30N2O7. The molecule has 0 heterocycles. The molecule has 4 N–H and O–H groups in total. The van der Waals surface area contributed by atoms with E-state index in [2.05, 4.69) is 5.32 Å². The maximum absolute atomic E-state index is 12.6. The monoisotopic (exact) mass is 458 g/mol. The summed E-state index contributed by atoms with van der Waals surface area (Å²) in [5.74, 6) is 0.454. The van der Waals surface area contributed by atoms with Crippen LogP contribution in [0.2, 0.25) is 0 Å². The van der Waals surface area contributed by atoms with Gasteiger partial charge in [-0.05, 0) is 55.3 Å². The molecule has 2 atom stereocenters. The molecule has 178 valence electrons. The Morgan fingerprint density at radius 2 is 1.70 bits per heavy atom. The van der Waals surface area contributed by atoms with Gasteiger partial charge in [0, 0.05) is 17.2 Å². The van der Waals surface area contributed by atoms with Crippen LogP contribution in [-0.4, -0.2) is 42.6 Å². The number of ether oxygens (including phenoxy) is 3. The van der Waals surface area contributed by atoms with Crippen LogP contribution in [0.15, 0.2) is 60.2 Å². The Balaban J connectivity index is 2.17. The lowest BCUT2D eigenvalue weighted by Gasteiger charge is -2.24. The number of carbonyl (C=O) groups is 2. The Morgan fingerprint density at radius 1 is 1.06 bits per heavy atom. The Hall–Kier alpha value is -3.56. The summed E-state index contributed by atoms with van der Waals surface area (Å²) >= 11 is 0. The number of anilines is 1. The highest BCUT2D eigenvalue weighted by molar-refractivity contribution is 5.91. The van der Waals surface area contributed by atoms with Gasteiger partial charge >= 0.3 is 6.09 Å². The highest BCUT2D eigenvalue weighted by atomic mass is 16.6. The number of hydrogen-bond donors (Lipinski definition) is 4. The molecule has 2 aromatic carbocycles. The summed E-state index contributed by atoms with van der Waals surface area (Å²) in [5, 5.41) is 20.4. The van der Waals surface area contributed by atoms with E-state index in [1.165, 1.54) is 0 Å². The molecule has 0 aromatic heterocycles. The van der Waals surface area contributed by atoms with Crippen molar-refractivity contribution in [2.75, 3.05) is 25.6 Å². The maximum atomic E-state index is 12.6. The minimum Gasteiger partial charge on any atom is -0.497 e. The summed E-state index contributed by atoms with van der Waals surface area (Å²) in [4.78, 5) is 24.2. The zero-order valence-corrected chi connectivity index (χ0v) is 18.9. The standard InChI is InChI=1S/C24H30N2O7/c1-16(4-5-17(2)23(28)26-30)22(18-6-10-21(11-7-18)32-15-14-27)33-24(29)25-19-8-12-20(31-3)13-9-19/h5-13,16,22,27,30H,4,14-15H2,1-3H3,(H,25,29)(H,26,28)/b17-5+/t16-,22-/m1/s1. The second kappa shape index (κ2) is 13.1. The summed E-state index contributed by atoms with van der Waals surface area (Å²) in [6.45, 7) is 3.56. The molecule has 2 amide bonds. The van der Waals surface area contributed by atoms with Gasteiger partial charge in [-0.2, -0.15) is 0 Å². The zero-order valence-electron chi connectivity index (χ0n) is 18.9. The second-order valence-electron chi connectivity index (χ2n) is 7.36. The van der Waals surface area contributed by atoms with Crippen molar-refractivity contribution in [3.63, 3.8) is 0 Å². The Bertz CT molecular complexity index is 927. The van der Waals surface area contributed by atoms with Gasteiger partial charge in [-0.15, -0.1) is 0 Å². The molecule has 0 fully saturated rings. The number of hydroxylamine groups is 1. The molecule has 0 radical (unpaired) electrons. The van der Waals surface area contributed by atoms with E-state index in [0.717, 1.165) is 5.56 Å². The molecule has 2 aromatic rings. The van der Waals surface area contributed by atoms with Crippen molar-refractivity contribution < 1.29 is 34.1 Å². The lowest BCUT2D eigenvalue weighted by atomic mass is 9.93. The summed E-state index contributed by atoms with van der Waals surface area (Å²) < 4.78 is 16.3. The number of rotatable bonds is 11. The van der Waals surface area contributed by atoms with Crippen molar-refractivity contribution in [3.8, 4) is 11.5 Å². The molecule has 9 heteroatoms. The van der Waals surface area contributed by atoms with Crippen LogP contribution in [0.3, 0.4) is 0 Å². The Kier molecular flexibility index (Phi) is 10.2. The summed E-state index contributed by atoms with van der Waals surface area (Å²) in [7, 11) is 1.56. The molecule has 0 saturated heterocycles. The number of benzene rings is 2. The van der Waals surface area contributed by atoms with Gasteiger partial charge in [-0.3, -0.25) is 15.3 Å². The SMILES string of the molecule is COc1ccc(NC(=O)O[C@@H](c2ccc(OCCO)cc2)[C@H](C)C/C=C(\C)C(=O)NO)cc1. The van der Waals surface area contributed by atoms with Crippen molar-refractivity contribution in [2.45, 2.75) is 26.4 Å². The molecule has 0 bridgehead atoms. The first-order chi connectivity index (χ1) is 15.9. The predicted molar refractivity (Wildman–Crippen MR) is 122 cm³/mol. The second-order valence-corrected chi connectivity index (χ2v) is 7.36. The molecule has 0 spiro atoms. The minimum absolute atomic E-state index is 0.0941. The normalized spacial score (nSPS) is 12.9. The van der Waals surface area contributed by atoms with E-state index in [1.807, 2.05) is 6.92 Å². The lowest BCUT2D eigenvalue weighted by Crippen LogP contribution is -2.22. The average Bonchev–Trinajstić information content (AvgIpc) is 2.84. The van der Waals surface area contributed by atoms with Crippen molar-refractivity contribution in [1.82, 2.24) is 5.48 Å². The fourth-order valence-corrected chi connectivity index (χ4v) is 3.03. The number of carbonyl (C=O) groups excluding carboxylic acids is 2. The zero-order chi connectivity index (χ0) is 24.2. The molecule has 0 aliphatic carbocycles. The van der Waals surface area contributed by atoms with Crippen LogP contribution in [0.1, 0.15) is 31.9 Å². The molecule has 0 aliphatic rings. The topological polar surface area (TPSA) is 126 Å². The van der Waals surface area contributed by atoms with Crippen LogP contribution < -0.4 is 20.3 Å². The molecule has 9 nitrogen and oxygen atoms in total. The predicted octanol–water partition coefficient (Wildman–Crippen LogP) is 3.83.